The van der Waals surface area contributed by atoms with E-state index in [2.05, 4.69) is 17.1 Å². The van der Waals surface area contributed by atoms with Gasteiger partial charge in [0.25, 0.3) is 0 Å². The number of hydrazine groups is 1. The van der Waals surface area contributed by atoms with Crippen molar-refractivity contribution < 1.29 is 8.42 Å². The standard InChI is InChI=1S/C11H17N3O2S/c1-2-8-7-11(8)14-17(15,16)10-5-3-9(13-12)4-6-10/h3-6,8,11,13-14H,2,7,12H2,1H3. The zero-order chi connectivity index (χ0) is 12.5. The van der Waals surface area contributed by atoms with Crippen LogP contribution in [0.3, 0.4) is 0 Å². The summed E-state index contributed by atoms with van der Waals surface area (Å²) in [5.74, 6) is 5.72. The maximum absolute atomic E-state index is 12.0. The summed E-state index contributed by atoms with van der Waals surface area (Å²) >= 11 is 0. The summed E-state index contributed by atoms with van der Waals surface area (Å²) in [7, 11) is -3.38. The van der Waals surface area contributed by atoms with Crippen LogP contribution in [0, 0.1) is 5.92 Å². The quantitative estimate of drug-likeness (QED) is 0.542. The molecular weight excluding hydrogens is 238 g/mol. The predicted octanol–water partition coefficient (Wildman–Crippen LogP) is 1.05. The van der Waals surface area contributed by atoms with Gasteiger partial charge < -0.3 is 5.43 Å². The number of nitrogen functional groups attached to an aromatic ring is 1. The first-order valence-corrected chi connectivity index (χ1v) is 7.14. The number of sulfonamides is 1. The van der Waals surface area contributed by atoms with E-state index in [4.69, 9.17) is 5.84 Å². The average molecular weight is 255 g/mol. The zero-order valence-electron chi connectivity index (χ0n) is 9.68. The molecule has 0 aromatic heterocycles. The minimum atomic E-state index is -3.38. The molecule has 2 unspecified atom stereocenters. The molecule has 1 aliphatic carbocycles. The van der Waals surface area contributed by atoms with Crippen molar-refractivity contribution in [3.63, 3.8) is 0 Å². The van der Waals surface area contributed by atoms with Crippen LogP contribution in [0.1, 0.15) is 19.8 Å². The molecule has 0 bridgehead atoms. The van der Waals surface area contributed by atoms with Gasteiger partial charge in [0.15, 0.2) is 0 Å². The van der Waals surface area contributed by atoms with E-state index in [1.807, 2.05) is 0 Å². The number of hydrogen-bond donors (Lipinski definition) is 3. The van der Waals surface area contributed by atoms with E-state index in [0.717, 1.165) is 12.8 Å². The molecule has 2 atom stereocenters. The van der Waals surface area contributed by atoms with Crippen molar-refractivity contribution in [3.05, 3.63) is 24.3 Å². The van der Waals surface area contributed by atoms with Crippen molar-refractivity contribution in [2.45, 2.75) is 30.7 Å². The first kappa shape index (κ1) is 12.3. The maximum Gasteiger partial charge on any atom is 0.240 e. The van der Waals surface area contributed by atoms with Crippen LogP contribution in [0.25, 0.3) is 0 Å². The summed E-state index contributed by atoms with van der Waals surface area (Å²) in [5.41, 5.74) is 3.14. The van der Waals surface area contributed by atoms with Gasteiger partial charge in [0, 0.05) is 11.7 Å². The van der Waals surface area contributed by atoms with E-state index in [1.165, 1.54) is 0 Å². The Labute approximate surface area is 101 Å². The van der Waals surface area contributed by atoms with Gasteiger partial charge in [0.1, 0.15) is 0 Å². The Hall–Kier alpha value is -1.11. The van der Waals surface area contributed by atoms with Crippen LogP contribution in [0.15, 0.2) is 29.2 Å². The van der Waals surface area contributed by atoms with Crippen molar-refractivity contribution in [2.24, 2.45) is 11.8 Å². The smallest absolute Gasteiger partial charge is 0.240 e. The van der Waals surface area contributed by atoms with Crippen LogP contribution in [0.4, 0.5) is 5.69 Å². The molecule has 2 rings (SSSR count). The SMILES string of the molecule is CCC1CC1NS(=O)(=O)c1ccc(NN)cc1. The lowest BCUT2D eigenvalue weighted by Crippen LogP contribution is -2.27. The number of anilines is 1. The fourth-order valence-electron chi connectivity index (χ4n) is 1.84. The number of benzene rings is 1. The highest BCUT2D eigenvalue weighted by Gasteiger charge is 2.38. The second-order valence-corrected chi connectivity index (χ2v) is 6.01. The van der Waals surface area contributed by atoms with E-state index < -0.39 is 10.0 Å². The molecule has 1 aromatic carbocycles. The molecule has 0 radical (unpaired) electrons. The Morgan fingerprint density at radius 1 is 1.35 bits per heavy atom. The topological polar surface area (TPSA) is 84.2 Å². The summed E-state index contributed by atoms with van der Waals surface area (Å²) in [6, 6.07) is 6.47. The van der Waals surface area contributed by atoms with E-state index in [9.17, 15) is 8.42 Å². The summed E-state index contributed by atoms with van der Waals surface area (Å²) in [6.45, 7) is 2.07. The molecular formula is C11H17N3O2S. The monoisotopic (exact) mass is 255 g/mol. The zero-order valence-corrected chi connectivity index (χ0v) is 10.5. The third-order valence-corrected chi connectivity index (χ3v) is 4.59. The third kappa shape index (κ3) is 2.77. The highest BCUT2D eigenvalue weighted by molar-refractivity contribution is 7.89. The van der Waals surface area contributed by atoms with Crippen LogP contribution < -0.4 is 16.0 Å². The minimum Gasteiger partial charge on any atom is -0.324 e. The van der Waals surface area contributed by atoms with E-state index in [-0.39, 0.29) is 10.9 Å². The average Bonchev–Trinajstić information content (AvgIpc) is 3.07. The summed E-state index contributed by atoms with van der Waals surface area (Å²) in [4.78, 5) is 0.276. The fourth-order valence-corrected chi connectivity index (χ4v) is 3.16. The van der Waals surface area contributed by atoms with Gasteiger partial charge in [0.05, 0.1) is 4.90 Å². The van der Waals surface area contributed by atoms with Gasteiger partial charge in [-0.1, -0.05) is 13.3 Å². The molecule has 17 heavy (non-hydrogen) atoms. The maximum atomic E-state index is 12.0. The first-order chi connectivity index (χ1) is 8.06. The van der Waals surface area contributed by atoms with Gasteiger partial charge in [-0.2, -0.15) is 0 Å². The number of hydrogen-bond acceptors (Lipinski definition) is 4. The number of nitrogens with one attached hydrogen (secondary N) is 2. The van der Waals surface area contributed by atoms with E-state index in [1.54, 1.807) is 24.3 Å². The van der Waals surface area contributed by atoms with Gasteiger partial charge in [-0.25, -0.2) is 13.1 Å². The molecule has 0 saturated heterocycles. The lowest BCUT2D eigenvalue weighted by Gasteiger charge is -2.07. The molecule has 1 aromatic rings. The van der Waals surface area contributed by atoms with Gasteiger partial charge >= 0.3 is 0 Å². The van der Waals surface area contributed by atoms with Gasteiger partial charge in [0.2, 0.25) is 10.0 Å². The van der Waals surface area contributed by atoms with E-state index in [0.29, 0.717) is 11.6 Å². The number of rotatable bonds is 5. The van der Waals surface area contributed by atoms with Crippen molar-refractivity contribution >= 4 is 15.7 Å². The minimum absolute atomic E-state index is 0.109. The lowest BCUT2D eigenvalue weighted by molar-refractivity contribution is 0.576. The van der Waals surface area contributed by atoms with Crippen LogP contribution in [-0.2, 0) is 10.0 Å². The largest absolute Gasteiger partial charge is 0.324 e. The molecule has 0 amide bonds. The molecule has 0 heterocycles. The molecule has 0 spiro atoms. The van der Waals surface area contributed by atoms with Gasteiger partial charge in [-0.3, -0.25) is 5.84 Å². The molecule has 1 fully saturated rings. The molecule has 5 nitrogen and oxygen atoms in total. The Morgan fingerprint density at radius 3 is 2.47 bits per heavy atom. The lowest BCUT2D eigenvalue weighted by atomic mass is 10.3. The molecule has 1 saturated carbocycles. The van der Waals surface area contributed by atoms with Crippen LogP contribution in [0.2, 0.25) is 0 Å². The molecule has 0 aliphatic heterocycles. The summed E-state index contributed by atoms with van der Waals surface area (Å²) < 4.78 is 26.7. The van der Waals surface area contributed by atoms with Crippen LogP contribution in [-0.4, -0.2) is 14.5 Å². The van der Waals surface area contributed by atoms with Crippen molar-refractivity contribution in [1.82, 2.24) is 4.72 Å². The second kappa shape index (κ2) is 4.64. The third-order valence-electron chi connectivity index (χ3n) is 3.08. The second-order valence-electron chi connectivity index (χ2n) is 4.30. The van der Waals surface area contributed by atoms with Gasteiger partial charge in [-0.05, 0) is 36.6 Å². The van der Waals surface area contributed by atoms with Crippen molar-refractivity contribution in [3.8, 4) is 0 Å². The Morgan fingerprint density at radius 2 is 2.00 bits per heavy atom. The van der Waals surface area contributed by atoms with Crippen molar-refractivity contribution in [2.75, 3.05) is 5.43 Å². The Bertz CT molecular complexity index is 484. The molecule has 6 heteroatoms. The highest BCUT2D eigenvalue weighted by Crippen LogP contribution is 2.34. The van der Waals surface area contributed by atoms with Crippen LogP contribution in [0.5, 0.6) is 0 Å². The molecule has 1 aliphatic rings. The van der Waals surface area contributed by atoms with Crippen molar-refractivity contribution in [1.29, 1.82) is 0 Å². The molecule has 4 N–H and O–H groups in total. The number of nitrogens with two attached hydrogens (primary N) is 1. The van der Waals surface area contributed by atoms with Gasteiger partial charge in [-0.15, -0.1) is 0 Å². The predicted molar refractivity (Wildman–Crippen MR) is 66.8 cm³/mol. The Balaban J connectivity index is 2.09. The fraction of sp³-hybridized carbons (Fsp3) is 0.455. The van der Waals surface area contributed by atoms with Crippen LogP contribution >= 0.6 is 0 Å². The first-order valence-electron chi connectivity index (χ1n) is 5.66. The summed E-state index contributed by atoms with van der Waals surface area (Å²) in [6.07, 6.45) is 1.96. The normalized spacial score (nSPS) is 23.4. The Kier molecular flexibility index (Phi) is 3.37. The highest BCUT2D eigenvalue weighted by atomic mass is 32.2. The molecule has 94 valence electrons. The van der Waals surface area contributed by atoms with E-state index >= 15 is 0 Å². The summed E-state index contributed by atoms with van der Waals surface area (Å²) in [5, 5.41) is 0.